The van der Waals surface area contributed by atoms with E-state index in [9.17, 15) is 9.59 Å². The summed E-state index contributed by atoms with van der Waals surface area (Å²) in [6, 6.07) is 5.19. The number of anilines is 2. The summed E-state index contributed by atoms with van der Waals surface area (Å²) in [7, 11) is 0. The zero-order chi connectivity index (χ0) is 18.1. The van der Waals surface area contributed by atoms with E-state index in [0.717, 1.165) is 30.3 Å². The van der Waals surface area contributed by atoms with Gasteiger partial charge >= 0.3 is 0 Å². The van der Waals surface area contributed by atoms with Gasteiger partial charge in [0.2, 0.25) is 0 Å². The van der Waals surface area contributed by atoms with Gasteiger partial charge < -0.3 is 19.9 Å². The lowest BCUT2D eigenvalue weighted by Crippen LogP contribution is -2.35. The maximum absolute atomic E-state index is 12.9. The number of nitrogens with one attached hydrogen (secondary N) is 1. The minimum atomic E-state index is -0.203. The molecule has 0 saturated carbocycles. The zero-order valence-corrected chi connectivity index (χ0v) is 15.3. The fourth-order valence-electron chi connectivity index (χ4n) is 3.20. The molecule has 2 aliphatic heterocycles. The zero-order valence-electron chi connectivity index (χ0n) is 14.5. The fourth-order valence-corrected chi connectivity index (χ4v) is 4.05. The highest BCUT2D eigenvalue weighted by molar-refractivity contribution is 7.13. The van der Waals surface area contributed by atoms with E-state index in [1.807, 2.05) is 17.2 Å². The van der Waals surface area contributed by atoms with Gasteiger partial charge in [0.15, 0.2) is 11.7 Å². The molecule has 8 heteroatoms. The van der Waals surface area contributed by atoms with E-state index in [0.29, 0.717) is 30.1 Å². The number of carbonyl (C=O) groups is 2. The van der Waals surface area contributed by atoms with E-state index in [1.165, 1.54) is 0 Å². The molecule has 0 spiro atoms. The van der Waals surface area contributed by atoms with Gasteiger partial charge in [-0.05, 0) is 31.5 Å². The Morgan fingerprint density at radius 2 is 2.15 bits per heavy atom. The molecule has 7 nitrogen and oxygen atoms in total. The van der Waals surface area contributed by atoms with Crippen LogP contribution in [0.2, 0.25) is 0 Å². The third kappa shape index (κ3) is 3.37. The Labute approximate surface area is 155 Å². The van der Waals surface area contributed by atoms with E-state index < -0.39 is 0 Å². The van der Waals surface area contributed by atoms with Crippen LogP contribution >= 0.6 is 11.3 Å². The van der Waals surface area contributed by atoms with Crippen molar-refractivity contribution in [3.05, 3.63) is 34.8 Å². The van der Waals surface area contributed by atoms with Gasteiger partial charge in [-0.2, -0.15) is 0 Å². The van der Waals surface area contributed by atoms with Crippen LogP contribution in [0.3, 0.4) is 0 Å². The number of aromatic nitrogens is 1. The first-order valence-corrected chi connectivity index (χ1v) is 9.51. The number of benzene rings is 1. The van der Waals surface area contributed by atoms with Crippen LogP contribution in [0.15, 0.2) is 23.6 Å². The summed E-state index contributed by atoms with van der Waals surface area (Å²) < 4.78 is 5.35. The smallest absolute Gasteiger partial charge is 0.262 e. The summed E-state index contributed by atoms with van der Waals surface area (Å²) in [5, 5.41) is 5.82. The summed E-state index contributed by atoms with van der Waals surface area (Å²) in [6.45, 7) is 5.02. The molecule has 2 amide bonds. The molecule has 2 aliphatic rings. The topological polar surface area (TPSA) is 74.8 Å². The average Bonchev–Trinajstić information content (AvgIpc) is 2.92. The van der Waals surface area contributed by atoms with Gasteiger partial charge in [-0.3, -0.25) is 9.59 Å². The van der Waals surface area contributed by atoms with Gasteiger partial charge in [0.05, 0.1) is 11.4 Å². The van der Waals surface area contributed by atoms with Crippen molar-refractivity contribution in [1.82, 2.24) is 9.88 Å². The quantitative estimate of drug-likeness (QED) is 0.874. The summed E-state index contributed by atoms with van der Waals surface area (Å²) in [5.41, 5.74) is 2.15. The van der Waals surface area contributed by atoms with E-state index in [1.54, 1.807) is 29.5 Å². The summed E-state index contributed by atoms with van der Waals surface area (Å²) in [5.74, 6) is 0.373. The second-order valence-corrected chi connectivity index (χ2v) is 7.29. The van der Waals surface area contributed by atoms with E-state index >= 15 is 0 Å². The standard InChI is InChI=1S/C18H20N4O3S/c1-12-11-26-18(19-12)22-6-2-5-21(7-8-22)17(24)13-3-4-15-14(9-13)20-16(23)10-25-15/h3-4,9,11H,2,5-8,10H2,1H3,(H,20,23). The Morgan fingerprint density at radius 1 is 1.27 bits per heavy atom. The van der Waals surface area contributed by atoms with Crippen LogP contribution in [0.25, 0.3) is 0 Å². The predicted molar refractivity (Wildman–Crippen MR) is 100 cm³/mol. The van der Waals surface area contributed by atoms with Crippen molar-refractivity contribution in [3.8, 4) is 5.75 Å². The number of thiazole rings is 1. The number of ether oxygens (including phenoxy) is 1. The van der Waals surface area contributed by atoms with Crippen molar-refractivity contribution in [2.45, 2.75) is 13.3 Å². The lowest BCUT2D eigenvalue weighted by atomic mass is 10.1. The highest BCUT2D eigenvalue weighted by atomic mass is 32.1. The Bertz CT molecular complexity index is 851. The number of carbonyl (C=O) groups excluding carboxylic acids is 2. The Hall–Kier alpha value is -2.61. The van der Waals surface area contributed by atoms with Gasteiger partial charge in [0, 0.05) is 37.1 Å². The van der Waals surface area contributed by atoms with Gasteiger partial charge in [-0.15, -0.1) is 11.3 Å². The summed E-state index contributed by atoms with van der Waals surface area (Å²) >= 11 is 1.64. The third-order valence-electron chi connectivity index (χ3n) is 4.52. The molecule has 0 aliphatic carbocycles. The molecule has 0 radical (unpaired) electrons. The minimum Gasteiger partial charge on any atom is -0.482 e. The second kappa shape index (κ2) is 6.95. The van der Waals surface area contributed by atoms with E-state index in [2.05, 4.69) is 15.2 Å². The highest BCUT2D eigenvalue weighted by Crippen LogP contribution is 2.29. The monoisotopic (exact) mass is 372 g/mol. The first-order valence-electron chi connectivity index (χ1n) is 8.63. The van der Waals surface area contributed by atoms with Crippen LogP contribution in [0.5, 0.6) is 5.75 Å². The van der Waals surface area contributed by atoms with Gasteiger partial charge in [0.1, 0.15) is 5.75 Å². The lowest BCUT2D eigenvalue weighted by molar-refractivity contribution is -0.118. The molecule has 1 saturated heterocycles. The highest BCUT2D eigenvalue weighted by Gasteiger charge is 2.23. The number of fused-ring (bicyclic) bond motifs is 1. The normalized spacial score (nSPS) is 17.2. The molecule has 1 fully saturated rings. The van der Waals surface area contributed by atoms with Crippen LogP contribution in [0.1, 0.15) is 22.5 Å². The number of amides is 2. The van der Waals surface area contributed by atoms with Gasteiger partial charge in [0.25, 0.3) is 11.8 Å². The first-order chi connectivity index (χ1) is 12.6. The molecule has 26 heavy (non-hydrogen) atoms. The number of hydrogen-bond acceptors (Lipinski definition) is 6. The Balaban J connectivity index is 1.47. The third-order valence-corrected chi connectivity index (χ3v) is 5.54. The fraction of sp³-hybridized carbons (Fsp3) is 0.389. The van der Waals surface area contributed by atoms with E-state index in [-0.39, 0.29) is 18.4 Å². The molecule has 136 valence electrons. The molecule has 0 unspecified atom stereocenters. The molecule has 1 aromatic carbocycles. The average molecular weight is 372 g/mol. The van der Waals surface area contributed by atoms with Crippen molar-refractivity contribution in [1.29, 1.82) is 0 Å². The van der Waals surface area contributed by atoms with Gasteiger partial charge in [-0.25, -0.2) is 4.98 Å². The number of nitrogens with zero attached hydrogens (tertiary/aromatic N) is 3. The molecular formula is C18H20N4O3S. The van der Waals surface area contributed by atoms with Crippen LogP contribution < -0.4 is 15.0 Å². The van der Waals surface area contributed by atoms with Crippen LogP contribution in [-0.4, -0.2) is 54.5 Å². The van der Waals surface area contributed by atoms with Crippen molar-refractivity contribution < 1.29 is 14.3 Å². The van der Waals surface area contributed by atoms with Crippen LogP contribution in [0, 0.1) is 6.92 Å². The maximum Gasteiger partial charge on any atom is 0.262 e. The minimum absolute atomic E-state index is 0.0124. The van der Waals surface area contributed by atoms with Crippen LogP contribution in [-0.2, 0) is 4.79 Å². The van der Waals surface area contributed by atoms with Crippen molar-refractivity contribution in [2.75, 3.05) is 43.0 Å². The predicted octanol–water partition coefficient (Wildman–Crippen LogP) is 2.13. The largest absolute Gasteiger partial charge is 0.482 e. The maximum atomic E-state index is 12.9. The number of rotatable bonds is 2. The van der Waals surface area contributed by atoms with Crippen molar-refractivity contribution in [3.63, 3.8) is 0 Å². The lowest BCUT2D eigenvalue weighted by Gasteiger charge is -2.23. The molecule has 0 bridgehead atoms. The molecule has 2 aromatic rings. The Morgan fingerprint density at radius 3 is 2.96 bits per heavy atom. The molecule has 1 N–H and O–H groups in total. The molecule has 1 aromatic heterocycles. The summed E-state index contributed by atoms with van der Waals surface area (Å²) in [4.78, 5) is 33.0. The molecule has 0 atom stereocenters. The van der Waals surface area contributed by atoms with Gasteiger partial charge in [-0.1, -0.05) is 0 Å². The number of hydrogen-bond donors (Lipinski definition) is 1. The summed E-state index contributed by atoms with van der Waals surface area (Å²) in [6.07, 6.45) is 0.898. The second-order valence-electron chi connectivity index (χ2n) is 6.45. The van der Waals surface area contributed by atoms with Crippen LogP contribution in [0.4, 0.5) is 10.8 Å². The Kier molecular flexibility index (Phi) is 4.50. The first kappa shape index (κ1) is 16.8. The molecule has 4 rings (SSSR count). The van der Waals surface area contributed by atoms with Crippen molar-refractivity contribution in [2.24, 2.45) is 0 Å². The van der Waals surface area contributed by atoms with E-state index in [4.69, 9.17) is 4.74 Å². The molecule has 3 heterocycles. The molecular weight excluding hydrogens is 352 g/mol. The SMILES string of the molecule is Cc1csc(N2CCCN(C(=O)c3ccc4c(c3)NC(=O)CO4)CC2)n1. The number of aryl methyl sites for hydroxylation is 1. The van der Waals surface area contributed by atoms with Crippen molar-refractivity contribution >= 4 is 34.0 Å².